The second-order valence-corrected chi connectivity index (χ2v) is 6.00. The standard InChI is InChI=1S/C18H17N3O3S/c1-23-14-7-5-8-15(24-2)17(14)18(22)20-10-16-21-13(11-25-16)12-6-3-4-9-19-12/h3-9,11H,10H2,1-2H3,(H,20,22). The van der Waals surface area contributed by atoms with E-state index >= 15 is 0 Å². The van der Waals surface area contributed by atoms with E-state index in [9.17, 15) is 4.79 Å². The van der Waals surface area contributed by atoms with Crippen LogP contribution in [0.2, 0.25) is 0 Å². The average Bonchev–Trinajstić information content (AvgIpc) is 3.15. The Hall–Kier alpha value is -2.93. The molecular weight excluding hydrogens is 338 g/mol. The number of ether oxygens (including phenoxy) is 2. The number of nitrogens with one attached hydrogen (secondary N) is 1. The van der Waals surface area contributed by atoms with E-state index in [1.807, 2.05) is 23.6 Å². The summed E-state index contributed by atoms with van der Waals surface area (Å²) in [5, 5.41) is 5.58. The van der Waals surface area contributed by atoms with Crippen molar-refractivity contribution < 1.29 is 14.3 Å². The van der Waals surface area contributed by atoms with Crippen molar-refractivity contribution in [1.29, 1.82) is 0 Å². The van der Waals surface area contributed by atoms with E-state index < -0.39 is 0 Å². The molecule has 0 aliphatic heterocycles. The lowest BCUT2D eigenvalue weighted by Gasteiger charge is -2.12. The molecule has 128 valence electrons. The van der Waals surface area contributed by atoms with Gasteiger partial charge in [0.1, 0.15) is 22.1 Å². The van der Waals surface area contributed by atoms with Gasteiger partial charge in [-0.2, -0.15) is 0 Å². The summed E-state index contributed by atoms with van der Waals surface area (Å²) < 4.78 is 10.5. The van der Waals surface area contributed by atoms with Crippen molar-refractivity contribution in [2.24, 2.45) is 0 Å². The zero-order valence-corrected chi connectivity index (χ0v) is 14.7. The summed E-state index contributed by atoms with van der Waals surface area (Å²) in [7, 11) is 3.04. The van der Waals surface area contributed by atoms with E-state index in [1.165, 1.54) is 25.6 Å². The van der Waals surface area contributed by atoms with Crippen LogP contribution in [0, 0.1) is 0 Å². The van der Waals surface area contributed by atoms with Gasteiger partial charge in [-0.25, -0.2) is 4.98 Å². The van der Waals surface area contributed by atoms with Gasteiger partial charge >= 0.3 is 0 Å². The monoisotopic (exact) mass is 355 g/mol. The van der Waals surface area contributed by atoms with Crippen molar-refractivity contribution in [3.63, 3.8) is 0 Å². The third-order valence-electron chi connectivity index (χ3n) is 3.53. The average molecular weight is 355 g/mol. The lowest BCUT2D eigenvalue weighted by atomic mass is 10.1. The van der Waals surface area contributed by atoms with Crippen LogP contribution in [0.25, 0.3) is 11.4 Å². The van der Waals surface area contributed by atoms with Crippen LogP contribution in [-0.4, -0.2) is 30.1 Å². The predicted octanol–water partition coefficient (Wildman–Crippen LogP) is 3.15. The van der Waals surface area contributed by atoms with Crippen LogP contribution in [0.1, 0.15) is 15.4 Å². The number of thiazole rings is 1. The fraction of sp³-hybridized carbons (Fsp3) is 0.167. The Balaban J connectivity index is 1.72. The molecule has 3 aromatic rings. The van der Waals surface area contributed by atoms with E-state index in [4.69, 9.17) is 9.47 Å². The molecule has 0 aliphatic rings. The minimum absolute atomic E-state index is 0.274. The smallest absolute Gasteiger partial charge is 0.259 e. The Morgan fingerprint density at radius 3 is 2.48 bits per heavy atom. The summed E-state index contributed by atoms with van der Waals surface area (Å²) in [6, 6.07) is 10.9. The van der Waals surface area contributed by atoms with Gasteiger partial charge in [-0.15, -0.1) is 11.3 Å². The van der Waals surface area contributed by atoms with Gasteiger partial charge in [0.25, 0.3) is 5.91 Å². The lowest BCUT2D eigenvalue weighted by molar-refractivity contribution is 0.0944. The number of methoxy groups -OCH3 is 2. The summed E-state index contributed by atoms with van der Waals surface area (Å²) in [6.45, 7) is 0.317. The van der Waals surface area contributed by atoms with Gasteiger partial charge < -0.3 is 14.8 Å². The molecule has 0 spiro atoms. The van der Waals surface area contributed by atoms with E-state index in [2.05, 4.69) is 15.3 Å². The number of amides is 1. The molecule has 0 saturated heterocycles. The van der Waals surface area contributed by atoms with Crippen LogP contribution in [0.4, 0.5) is 0 Å². The van der Waals surface area contributed by atoms with Crippen LogP contribution in [0.15, 0.2) is 48.0 Å². The number of nitrogens with zero attached hydrogens (tertiary/aromatic N) is 2. The van der Waals surface area contributed by atoms with Crippen molar-refractivity contribution in [3.8, 4) is 22.9 Å². The highest BCUT2D eigenvalue weighted by Gasteiger charge is 2.18. The molecule has 6 nitrogen and oxygen atoms in total. The highest BCUT2D eigenvalue weighted by Crippen LogP contribution is 2.28. The number of carbonyl (C=O) groups excluding carboxylic acids is 1. The molecule has 7 heteroatoms. The Bertz CT molecular complexity index is 843. The number of hydrogen-bond acceptors (Lipinski definition) is 6. The van der Waals surface area contributed by atoms with Crippen LogP contribution in [-0.2, 0) is 6.54 Å². The summed E-state index contributed by atoms with van der Waals surface area (Å²) in [5.74, 6) is 0.652. The Morgan fingerprint density at radius 1 is 1.08 bits per heavy atom. The Kier molecular flexibility index (Phi) is 5.25. The number of carbonyl (C=O) groups is 1. The minimum atomic E-state index is -0.274. The first-order chi connectivity index (χ1) is 12.2. The molecule has 25 heavy (non-hydrogen) atoms. The van der Waals surface area contributed by atoms with Crippen LogP contribution < -0.4 is 14.8 Å². The topological polar surface area (TPSA) is 73.3 Å². The molecule has 0 radical (unpaired) electrons. The maximum Gasteiger partial charge on any atom is 0.259 e. The van der Waals surface area contributed by atoms with Crippen molar-refractivity contribution in [2.75, 3.05) is 14.2 Å². The molecule has 1 amide bonds. The number of rotatable bonds is 6. The van der Waals surface area contributed by atoms with Gasteiger partial charge in [0.15, 0.2) is 0 Å². The maximum atomic E-state index is 12.5. The second-order valence-electron chi connectivity index (χ2n) is 5.06. The fourth-order valence-electron chi connectivity index (χ4n) is 2.34. The fourth-order valence-corrected chi connectivity index (χ4v) is 3.07. The van der Waals surface area contributed by atoms with Crippen molar-refractivity contribution in [1.82, 2.24) is 15.3 Å². The van der Waals surface area contributed by atoms with Gasteiger partial charge in [0, 0.05) is 11.6 Å². The number of hydrogen-bond donors (Lipinski definition) is 1. The van der Waals surface area contributed by atoms with E-state index in [0.29, 0.717) is 23.6 Å². The van der Waals surface area contributed by atoms with Crippen molar-refractivity contribution >= 4 is 17.2 Å². The first-order valence-corrected chi connectivity index (χ1v) is 8.46. The maximum absolute atomic E-state index is 12.5. The number of aromatic nitrogens is 2. The highest BCUT2D eigenvalue weighted by molar-refractivity contribution is 7.09. The first kappa shape index (κ1) is 16.9. The van der Waals surface area contributed by atoms with Gasteiger partial charge in [-0.1, -0.05) is 12.1 Å². The predicted molar refractivity (Wildman–Crippen MR) is 96.1 cm³/mol. The lowest BCUT2D eigenvalue weighted by Crippen LogP contribution is -2.24. The molecule has 0 unspecified atom stereocenters. The van der Waals surface area contributed by atoms with Gasteiger partial charge in [0.2, 0.25) is 0 Å². The quantitative estimate of drug-likeness (QED) is 0.735. The molecule has 1 aromatic carbocycles. The molecular formula is C18H17N3O3S. The molecule has 0 aliphatic carbocycles. The zero-order valence-electron chi connectivity index (χ0n) is 13.9. The van der Waals surface area contributed by atoms with Gasteiger partial charge in [-0.3, -0.25) is 9.78 Å². The summed E-state index contributed by atoms with van der Waals surface area (Å²) in [4.78, 5) is 21.3. The molecule has 2 heterocycles. The normalized spacial score (nSPS) is 10.3. The molecule has 0 atom stereocenters. The van der Waals surface area contributed by atoms with Crippen molar-refractivity contribution in [3.05, 3.63) is 58.5 Å². The first-order valence-electron chi connectivity index (χ1n) is 7.58. The van der Waals surface area contributed by atoms with E-state index in [-0.39, 0.29) is 5.91 Å². The van der Waals surface area contributed by atoms with E-state index in [0.717, 1.165) is 16.4 Å². The molecule has 0 bridgehead atoms. The van der Waals surface area contributed by atoms with Crippen LogP contribution in [0.3, 0.4) is 0 Å². The summed E-state index contributed by atoms with van der Waals surface area (Å²) in [5.41, 5.74) is 1.97. The van der Waals surface area contributed by atoms with Crippen LogP contribution in [0.5, 0.6) is 11.5 Å². The summed E-state index contributed by atoms with van der Waals surface area (Å²) in [6.07, 6.45) is 1.73. The van der Waals surface area contributed by atoms with Gasteiger partial charge in [0.05, 0.1) is 32.2 Å². The van der Waals surface area contributed by atoms with Crippen LogP contribution >= 0.6 is 11.3 Å². The molecule has 0 saturated carbocycles. The second kappa shape index (κ2) is 7.76. The SMILES string of the molecule is COc1cccc(OC)c1C(=O)NCc1nc(-c2ccccn2)cs1. The van der Waals surface area contributed by atoms with Gasteiger partial charge in [-0.05, 0) is 24.3 Å². The van der Waals surface area contributed by atoms with Crippen molar-refractivity contribution in [2.45, 2.75) is 6.54 Å². The third kappa shape index (κ3) is 3.77. The largest absolute Gasteiger partial charge is 0.496 e. The molecule has 3 rings (SSSR count). The Morgan fingerprint density at radius 2 is 1.84 bits per heavy atom. The van der Waals surface area contributed by atoms with E-state index in [1.54, 1.807) is 24.4 Å². The molecule has 0 fully saturated rings. The number of benzene rings is 1. The number of pyridine rings is 1. The minimum Gasteiger partial charge on any atom is -0.496 e. The zero-order chi connectivity index (χ0) is 17.6. The third-order valence-corrected chi connectivity index (χ3v) is 4.38. The Labute approximate surface area is 149 Å². The highest BCUT2D eigenvalue weighted by atomic mass is 32.1. The molecule has 2 aromatic heterocycles. The summed E-state index contributed by atoms with van der Waals surface area (Å²) >= 11 is 1.47. The molecule has 1 N–H and O–H groups in total.